The van der Waals surface area contributed by atoms with Crippen molar-refractivity contribution in [3.8, 4) is 0 Å². The van der Waals surface area contributed by atoms with Crippen molar-refractivity contribution in [3.05, 3.63) is 5.56 Å². The van der Waals surface area contributed by atoms with Crippen molar-refractivity contribution in [1.29, 1.82) is 0 Å². The highest BCUT2D eigenvalue weighted by Gasteiger charge is 2.73. The monoisotopic (exact) mass is 345 g/mol. The molecule has 120 valence electrons. The van der Waals surface area contributed by atoms with Gasteiger partial charge in [0.15, 0.2) is 13.6 Å². The van der Waals surface area contributed by atoms with Crippen LogP contribution in [0.3, 0.4) is 0 Å². The molecule has 1 saturated carbocycles. The van der Waals surface area contributed by atoms with Crippen molar-refractivity contribution in [1.82, 2.24) is 0 Å². The fourth-order valence-electron chi connectivity index (χ4n) is 5.69. The van der Waals surface area contributed by atoms with Crippen LogP contribution in [0, 0.1) is 0 Å². The molecule has 1 aromatic rings. The van der Waals surface area contributed by atoms with E-state index in [1.54, 1.807) is 7.85 Å². The Kier molecular flexibility index (Phi) is 4.00. The molecule has 3 N–H and O–H groups in total. The number of fused-ring (bicyclic) bond motifs is 3. The van der Waals surface area contributed by atoms with Crippen LogP contribution in [0.25, 0.3) is 0 Å². The number of hydrogen-bond acceptors (Lipinski definition) is 3. The number of rotatable bonds is 0. The quantitative estimate of drug-likeness (QED) is 0.460. The minimum atomic E-state index is -1.46. The van der Waals surface area contributed by atoms with Gasteiger partial charge in [0.1, 0.15) is 39.2 Å². The first-order valence-corrected chi connectivity index (χ1v) is 9.41. The first-order valence-electron chi connectivity index (χ1n) is 8.97. The summed E-state index contributed by atoms with van der Waals surface area (Å²) in [6, 6.07) is 0. The lowest BCUT2D eigenvalue weighted by Gasteiger charge is -2.60. The molecule has 3 nitrogen and oxygen atoms in total. The molecule has 25 heavy (non-hydrogen) atoms. The van der Waals surface area contributed by atoms with E-state index in [0.717, 1.165) is 27.4 Å². The third-order valence-electron chi connectivity index (χ3n) is 7.75. The number of ketones is 1. The summed E-state index contributed by atoms with van der Waals surface area (Å²) in [6.45, 7) is 0. The van der Waals surface area contributed by atoms with Crippen LogP contribution < -0.4 is 33.0 Å². The predicted molar refractivity (Wildman–Crippen MR) is 130 cm³/mol. The van der Waals surface area contributed by atoms with E-state index in [1.807, 2.05) is 15.7 Å². The minimum absolute atomic E-state index is 0.308. The number of hydrogen-bond donors (Lipinski definition) is 2. The van der Waals surface area contributed by atoms with Gasteiger partial charge in [-0.25, -0.2) is 0 Å². The zero-order valence-electron chi connectivity index (χ0n) is 16.6. The second-order valence-electron chi connectivity index (χ2n) is 9.33. The van der Waals surface area contributed by atoms with Crippen molar-refractivity contribution in [2.24, 2.45) is 5.73 Å². The normalized spacial score (nSPS) is 36.1. The molecule has 0 saturated heterocycles. The summed E-state index contributed by atoms with van der Waals surface area (Å²) in [5.41, 5.74) is 10.5. The molecule has 3 unspecified atom stereocenters. The first kappa shape index (κ1) is 19.4. The van der Waals surface area contributed by atoms with Gasteiger partial charge in [-0.2, -0.15) is 11.5 Å². The molecule has 0 amide bonds. The zero-order chi connectivity index (χ0) is 19.3. The molecule has 3 rings (SSSR count). The molecule has 2 aliphatic rings. The molecule has 1 heterocycles. The molecular weight excluding hydrogens is 323 g/mol. The molecule has 0 aromatic heterocycles. The summed E-state index contributed by atoms with van der Waals surface area (Å²) in [7, 11) is 16.0. The van der Waals surface area contributed by atoms with Crippen LogP contribution in [0.15, 0.2) is 0 Å². The Labute approximate surface area is 162 Å². The number of aliphatic hydroxyl groups is 1. The molecule has 0 bridgehead atoms. The summed E-state index contributed by atoms with van der Waals surface area (Å²) in [5, 5.41) is 9.84. The lowest BCUT2D eigenvalue weighted by atomic mass is 9.17. The van der Waals surface area contributed by atoms with Crippen molar-refractivity contribution in [2.75, 3.05) is 0 Å². The molecule has 13 heteroatoms. The summed E-state index contributed by atoms with van der Waals surface area (Å²) in [5.74, 6) is -0.308. The van der Waals surface area contributed by atoms with E-state index >= 15 is 0 Å². The van der Waals surface area contributed by atoms with E-state index in [4.69, 9.17) is 17.2 Å². The lowest BCUT2D eigenvalue weighted by Crippen LogP contribution is -2.71. The van der Waals surface area contributed by atoms with E-state index in [-0.39, 0.29) is 11.9 Å². The molecule has 3 atom stereocenters. The largest absolute Gasteiger partial charge is 0.391 e. The molecule has 0 radical (unpaired) electrons. The summed E-state index contributed by atoms with van der Waals surface area (Å²) in [6.07, 6.45) is -0.0257. The second kappa shape index (κ2) is 5.14. The van der Waals surface area contributed by atoms with Crippen molar-refractivity contribution in [2.45, 2.75) is 27.9 Å². The highest BCUT2D eigenvalue weighted by Crippen LogP contribution is 2.67. The van der Waals surface area contributed by atoms with Crippen molar-refractivity contribution >= 4 is 113 Å². The highest BCUT2D eigenvalue weighted by molar-refractivity contribution is 7.21. The van der Waals surface area contributed by atoms with Crippen molar-refractivity contribution in [3.63, 3.8) is 0 Å². The number of Topliss-reactive ketones (excluding diaryl/α,β-unsaturated/α-hetero) is 1. The highest BCUT2D eigenvalue weighted by atomic mass is 35.5. The van der Waals surface area contributed by atoms with E-state index in [2.05, 4.69) is 39.2 Å². The van der Waals surface area contributed by atoms with Crippen molar-refractivity contribution < 1.29 is 9.90 Å². The fraction of sp³-hybridized carbons (Fsp3) is 0.417. The zero-order valence-corrected chi connectivity index (χ0v) is 17.4. The van der Waals surface area contributed by atoms with Gasteiger partial charge in [-0.1, -0.05) is 21.6 Å². The van der Waals surface area contributed by atoms with E-state index < -0.39 is 21.5 Å². The Morgan fingerprint density at radius 1 is 1.00 bits per heavy atom. The molecule has 1 aliphatic carbocycles. The standard InChI is InChI=1S/C12H21B9ClNO2/c13-3-2-7(6(16)5(15)4(3)14)21(22)12(20)10(18,19)1-9(17,25)8(24)11(2,12)23/h25H,1,13-20,23H2. The van der Waals surface area contributed by atoms with Gasteiger partial charge in [-0.05, 0) is 17.2 Å². The average Bonchev–Trinajstić information content (AvgIpc) is 2.69. The van der Waals surface area contributed by atoms with Crippen LogP contribution in [-0.2, 0) is 10.3 Å². The SMILES string of the molecule is Bc1c(B)c(B)c2c(c1B)B(Cl)C1(B)C(B)(B)CC(B)(O)C(=O)C21N. The topological polar surface area (TPSA) is 63.3 Å². The number of nitrogens with two attached hydrogens (primary N) is 1. The second-order valence-corrected chi connectivity index (χ2v) is 9.76. The molecule has 1 fully saturated rings. The Morgan fingerprint density at radius 3 is 2.00 bits per heavy atom. The summed E-state index contributed by atoms with van der Waals surface area (Å²) in [4.78, 5) is 13.5. The summed E-state index contributed by atoms with van der Waals surface area (Å²) >= 11 is 7.08. The van der Waals surface area contributed by atoms with Crippen LogP contribution in [0.5, 0.6) is 0 Å². The third-order valence-corrected chi connectivity index (χ3v) is 8.40. The fourth-order valence-corrected chi connectivity index (χ4v) is 6.43. The van der Waals surface area contributed by atoms with Gasteiger partial charge >= 0.3 is 0 Å². The Hall–Kier alpha value is -0.316. The Morgan fingerprint density at radius 2 is 1.48 bits per heavy atom. The molecule has 1 aliphatic heterocycles. The number of carbonyl (C=O) groups is 1. The number of carbonyl (C=O) groups excluding carboxylic acids is 1. The van der Waals surface area contributed by atoms with Crippen LogP contribution in [0.1, 0.15) is 12.0 Å². The maximum atomic E-state index is 13.5. The first-order chi connectivity index (χ1) is 11.2. The third kappa shape index (κ3) is 1.94. The number of halogens is 1. The number of benzene rings is 1. The Balaban J connectivity index is 2.52. The van der Waals surface area contributed by atoms with Gasteiger partial charge in [0.05, 0.1) is 26.7 Å². The maximum absolute atomic E-state index is 13.5. The molecular formula is C12H21B9ClNO2. The van der Waals surface area contributed by atoms with E-state index in [9.17, 15) is 9.90 Å². The maximum Gasteiger partial charge on any atom is 0.282 e. The van der Waals surface area contributed by atoms with E-state index in [0.29, 0.717) is 6.42 Å². The van der Waals surface area contributed by atoms with Gasteiger partial charge < -0.3 is 10.8 Å². The van der Waals surface area contributed by atoms with Crippen LogP contribution in [0.2, 0.25) is 10.4 Å². The van der Waals surface area contributed by atoms with Gasteiger partial charge in [0.25, 0.3) is 6.13 Å². The predicted octanol–water partition coefficient (Wildman–Crippen LogP) is -10.7. The smallest absolute Gasteiger partial charge is 0.282 e. The van der Waals surface area contributed by atoms with Crippen LogP contribution in [0.4, 0.5) is 0 Å². The van der Waals surface area contributed by atoms with Gasteiger partial charge in [-0.3, -0.25) is 4.79 Å². The minimum Gasteiger partial charge on any atom is -0.391 e. The van der Waals surface area contributed by atoms with Gasteiger partial charge in [0, 0.05) is 0 Å². The van der Waals surface area contributed by atoms with Crippen LogP contribution >= 0.6 is 11.5 Å². The van der Waals surface area contributed by atoms with Gasteiger partial charge in [0.2, 0.25) is 0 Å². The summed E-state index contributed by atoms with van der Waals surface area (Å²) < 4.78 is 0. The lowest BCUT2D eigenvalue weighted by molar-refractivity contribution is -0.141. The van der Waals surface area contributed by atoms with E-state index in [1.165, 1.54) is 5.46 Å². The average molecular weight is 344 g/mol. The molecule has 1 aromatic carbocycles. The van der Waals surface area contributed by atoms with Gasteiger partial charge in [-0.15, -0.1) is 10.9 Å². The Bertz CT molecular complexity index is 832. The van der Waals surface area contributed by atoms with Crippen LogP contribution in [-0.4, -0.2) is 85.3 Å². The molecule has 0 spiro atoms.